The third-order valence-corrected chi connectivity index (χ3v) is 11.3. The lowest BCUT2D eigenvalue weighted by Crippen LogP contribution is -2.50. The van der Waals surface area contributed by atoms with E-state index in [2.05, 4.69) is 50.3 Å². The number of esters is 2. The number of allylic oxidation sites excluding steroid dienone is 6. The number of hydrogen-bond donors (Lipinski definition) is 1. The van der Waals surface area contributed by atoms with Crippen molar-refractivity contribution in [2.24, 2.45) is 0 Å². The van der Waals surface area contributed by atoms with E-state index in [0.29, 0.717) is 19.3 Å². The number of carbonyl (C=O) groups is 3. The number of carbonyl (C=O) groups excluding carboxylic acids is 2. The molecule has 8 heteroatoms. The van der Waals surface area contributed by atoms with E-state index < -0.39 is 18.1 Å². The molecule has 0 bridgehead atoms. The summed E-state index contributed by atoms with van der Waals surface area (Å²) in [5, 5.41) is 9.64. The van der Waals surface area contributed by atoms with Crippen LogP contribution in [-0.2, 0) is 28.6 Å². The average Bonchev–Trinajstić information content (AvgIpc) is 3.21. The van der Waals surface area contributed by atoms with E-state index in [1.54, 1.807) is 0 Å². The quantitative estimate of drug-likeness (QED) is 0.0214. The van der Waals surface area contributed by atoms with Crippen LogP contribution in [0.25, 0.3) is 0 Å². The Hall–Kier alpha value is -2.45. The van der Waals surface area contributed by atoms with Crippen molar-refractivity contribution in [1.29, 1.82) is 0 Å². The Kier molecular flexibility index (Phi) is 41.4. The van der Waals surface area contributed by atoms with Gasteiger partial charge in [0.05, 0.1) is 34.4 Å². The molecule has 0 saturated carbocycles. The Balaban J connectivity index is 4.29. The number of likely N-dealkylation sites (N-methyl/N-ethyl adjacent to an activating group) is 1. The fourth-order valence-electron chi connectivity index (χ4n) is 7.37. The van der Waals surface area contributed by atoms with Gasteiger partial charge in [0.2, 0.25) is 0 Å². The third-order valence-electron chi connectivity index (χ3n) is 11.3. The smallest absolute Gasteiger partial charge is 0.362 e. The summed E-state index contributed by atoms with van der Waals surface area (Å²) in [6, 6.07) is -0.620. The summed E-state index contributed by atoms with van der Waals surface area (Å²) in [4.78, 5) is 37.1. The molecule has 0 saturated heterocycles. The zero-order valence-electron chi connectivity index (χ0n) is 39.9. The fraction of sp³-hybridized carbons (Fsp3) is 0.827. The molecule has 2 atom stereocenters. The second kappa shape index (κ2) is 43.2. The number of ether oxygens (including phenoxy) is 3. The van der Waals surface area contributed by atoms with Gasteiger partial charge in [0.25, 0.3) is 0 Å². The first-order chi connectivity index (χ1) is 29.1. The monoisotopic (exact) mass is 847 g/mol. The molecule has 0 aliphatic heterocycles. The number of unbranched alkanes of at least 4 members (excludes halogenated alkanes) is 26. The van der Waals surface area contributed by atoms with E-state index in [4.69, 9.17) is 14.2 Å². The van der Waals surface area contributed by atoms with Crippen LogP contribution in [0.4, 0.5) is 0 Å². The molecule has 60 heavy (non-hydrogen) atoms. The van der Waals surface area contributed by atoms with Crippen molar-refractivity contribution in [3.8, 4) is 0 Å². The predicted molar refractivity (Wildman–Crippen MR) is 252 cm³/mol. The Bertz CT molecular complexity index is 1080. The van der Waals surface area contributed by atoms with Gasteiger partial charge in [-0.05, 0) is 64.2 Å². The Labute approximate surface area is 370 Å². The van der Waals surface area contributed by atoms with E-state index in [-0.39, 0.29) is 36.2 Å². The van der Waals surface area contributed by atoms with Gasteiger partial charge in [-0.2, -0.15) is 0 Å². The molecule has 350 valence electrons. The molecule has 0 rings (SSSR count). The largest absolute Gasteiger partial charge is 0.477 e. The van der Waals surface area contributed by atoms with Crippen molar-refractivity contribution in [3.05, 3.63) is 36.5 Å². The van der Waals surface area contributed by atoms with Crippen LogP contribution in [0.2, 0.25) is 0 Å². The van der Waals surface area contributed by atoms with Gasteiger partial charge in [0, 0.05) is 19.3 Å². The van der Waals surface area contributed by atoms with Gasteiger partial charge in [-0.1, -0.05) is 179 Å². The number of nitrogens with zero attached hydrogens (tertiary/aromatic N) is 1. The van der Waals surface area contributed by atoms with Crippen molar-refractivity contribution in [1.82, 2.24) is 0 Å². The standard InChI is InChI=1S/C52H95NO7/c1-6-8-10-12-14-16-18-20-22-24-25-26-27-29-30-32-34-36-38-40-42-50(54)59-47-48(46-58-45-44-49(52(56)57)53(3,4)5)60-51(55)43-41-39-37-35-33-31-28-23-21-19-17-15-13-11-9-7-2/h23,25-26,28,31,33,48-49H,6-22,24,27,29-30,32,34-47H2,1-5H3/p+1/b26-25+,28-23+,33-31+. The second-order valence-electron chi connectivity index (χ2n) is 18.1. The summed E-state index contributed by atoms with van der Waals surface area (Å²) < 4.78 is 17.3. The maximum Gasteiger partial charge on any atom is 0.362 e. The SMILES string of the molecule is CCCCCCCCC/C=C/C=C/CCCCCC(=O)OC(COCCC(C(=O)O)[N+](C)(C)C)COC(=O)CCCCCCCCC/C=C/CCCCCCCCCCC. The molecule has 0 amide bonds. The molecule has 0 heterocycles. The fourth-order valence-corrected chi connectivity index (χ4v) is 7.37. The van der Waals surface area contributed by atoms with Gasteiger partial charge >= 0.3 is 17.9 Å². The zero-order chi connectivity index (χ0) is 44.2. The highest BCUT2D eigenvalue weighted by Gasteiger charge is 2.31. The van der Waals surface area contributed by atoms with E-state index in [0.717, 1.165) is 51.4 Å². The van der Waals surface area contributed by atoms with E-state index in [9.17, 15) is 19.5 Å². The lowest BCUT2D eigenvalue weighted by Gasteiger charge is -2.31. The van der Waals surface area contributed by atoms with Crippen molar-refractivity contribution in [2.45, 2.75) is 238 Å². The number of aliphatic carboxylic acids is 1. The van der Waals surface area contributed by atoms with E-state index in [1.807, 2.05) is 21.1 Å². The third kappa shape index (κ3) is 40.9. The minimum absolute atomic E-state index is 0.0505. The summed E-state index contributed by atoms with van der Waals surface area (Å²) in [7, 11) is 5.52. The van der Waals surface area contributed by atoms with Crippen molar-refractivity contribution < 1.29 is 38.2 Å². The number of hydrogen-bond acceptors (Lipinski definition) is 6. The Morgan fingerprint density at radius 1 is 0.500 bits per heavy atom. The first-order valence-corrected chi connectivity index (χ1v) is 25.0. The van der Waals surface area contributed by atoms with Crippen molar-refractivity contribution in [2.75, 3.05) is 41.0 Å². The molecule has 0 radical (unpaired) electrons. The van der Waals surface area contributed by atoms with Crippen LogP contribution < -0.4 is 0 Å². The normalized spacial score (nSPS) is 13.2. The molecule has 0 aromatic heterocycles. The Morgan fingerprint density at radius 2 is 0.883 bits per heavy atom. The average molecular weight is 847 g/mol. The molecule has 0 aromatic carbocycles. The summed E-state index contributed by atoms with van der Waals surface area (Å²) in [5.41, 5.74) is 0. The minimum atomic E-state index is -0.879. The molecule has 0 fully saturated rings. The highest BCUT2D eigenvalue weighted by atomic mass is 16.6. The maximum absolute atomic E-state index is 12.7. The molecule has 0 aromatic rings. The number of quaternary nitrogens is 1. The van der Waals surface area contributed by atoms with Gasteiger partial charge in [0.1, 0.15) is 6.61 Å². The van der Waals surface area contributed by atoms with Crippen LogP contribution in [0.1, 0.15) is 226 Å². The van der Waals surface area contributed by atoms with Crippen LogP contribution in [0.15, 0.2) is 36.5 Å². The van der Waals surface area contributed by atoms with Crippen molar-refractivity contribution in [3.63, 3.8) is 0 Å². The summed E-state index contributed by atoms with van der Waals surface area (Å²) >= 11 is 0. The summed E-state index contributed by atoms with van der Waals surface area (Å²) in [5.74, 6) is -1.50. The second-order valence-corrected chi connectivity index (χ2v) is 18.1. The highest BCUT2D eigenvalue weighted by molar-refractivity contribution is 5.72. The van der Waals surface area contributed by atoms with E-state index in [1.165, 1.54) is 141 Å². The lowest BCUT2D eigenvalue weighted by atomic mass is 10.1. The number of rotatable bonds is 45. The number of carboxylic acids is 1. The molecule has 0 aliphatic rings. The molecule has 2 unspecified atom stereocenters. The maximum atomic E-state index is 12.7. The zero-order valence-corrected chi connectivity index (χ0v) is 39.9. The van der Waals surface area contributed by atoms with Crippen LogP contribution in [-0.4, -0.2) is 80.6 Å². The van der Waals surface area contributed by atoms with Gasteiger partial charge < -0.3 is 23.8 Å². The number of carboxylic acid groups (broad SMARTS) is 1. The predicted octanol–water partition coefficient (Wildman–Crippen LogP) is 14.2. The minimum Gasteiger partial charge on any atom is -0.477 e. The molecule has 0 spiro atoms. The van der Waals surface area contributed by atoms with Crippen LogP contribution in [0.3, 0.4) is 0 Å². The molecule has 0 aliphatic carbocycles. The van der Waals surface area contributed by atoms with Gasteiger partial charge in [0.15, 0.2) is 12.1 Å². The first kappa shape index (κ1) is 57.5. The van der Waals surface area contributed by atoms with Crippen LogP contribution in [0.5, 0.6) is 0 Å². The lowest BCUT2D eigenvalue weighted by molar-refractivity contribution is -0.887. The highest BCUT2D eigenvalue weighted by Crippen LogP contribution is 2.15. The van der Waals surface area contributed by atoms with Gasteiger partial charge in [-0.3, -0.25) is 9.59 Å². The van der Waals surface area contributed by atoms with Crippen LogP contribution >= 0.6 is 0 Å². The molecular weight excluding hydrogens is 751 g/mol. The van der Waals surface area contributed by atoms with Gasteiger partial charge in [-0.15, -0.1) is 0 Å². The molecular formula is C52H96NO7+. The molecule has 1 N–H and O–H groups in total. The van der Waals surface area contributed by atoms with Crippen LogP contribution in [0, 0.1) is 0 Å². The van der Waals surface area contributed by atoms with E-state index >= 15 is 0 Å². The Morgan fingerprint density at radius 3 is 1.32 bits per heavy atom. The first-order valence-electron chi connectivity index (χ1n) is 25.0. The van der Waals surface area contributed by atoms with Gasteiger partial charge in [-0.25, -0.2) is 4.79 Å². The molecule has 8 nitrogen and oxygen atoms in total. The topological polar surface area (TPSA) is 99.1 Å². The summed E-state index contributed by atoms with van der Waals surface area (Å²) in [6.45, 7) is 4.72. The van der Waals surface area contributed by atoms with Crippen molar-refractivity contribution >= 4 is 17.9 Å². The summed E-state index contributed by atoms with van der Waals surface area (Å²) in [6.07, 6.45) is 50.5.